The van der Waals surface area contributed by atoms with Crippen molar-refractivity contribution in [3.05, 3.63) is 0 Å². The molecule has 4 saturated heterocycles. The van der Waals surface area contributed by atoms with Gasteiger partial charge in [-0.15, -0.1) is 17.3 Å². The van der Waals surface area contributed by atoms with E-state index in [1.165, 1.54) is 6.92 Å². The van der Waals surface area contributed by atoms with Crippen molar-refractivity contribution in [3.8, 4) is 0 Å². The Morgan fingerprint density at radius 3 is 0.809 bits per heavy atom. The maximum Gasteiger partial charge on any atom is 1.00 e. The molecule has 44 nitrogen and oxygen atoms in total. The van der Waals surface area contributed by atoms with Crippen LogP contribution in [0.25, 0.3) is 0 Å². The Balaban J connectivity index is -0.00000215. The molecule has 20 atom stereocenters. The molecule has 0 saturated carbocycles. The normalized spacial score (nSPS) is 31.3. The summed E-state index contributed by atoms with van der Waals surface area (Å²) in [4.78, 5) is 0. The second-order valence-electron chi connectivity index (χ2n) is 17.2. The van der Waals surface area contributed by atoms with Gasteiger partial charge in [-0.2, -0.15) is 0 Å². The van der Waals surface area contributed by atoms with Gasteiger partial charge >= 0.3 is 266 Å². The number of hydrogen-bond acceptors (Lipinski definition) is 48. The summed E-state index contributed by atoms with van der Waals surface area (Å²) < 4.78 is 294. The second kappa shape index (κ2) is 56.9. The smallest absolute Gasteiger partial charge is 0.726 e. The first-order valence-corrected chi connectivity index (χ1v) is 32.6. The van der Waals surface area contributed by atoms with E-state index < -0.39 is 212 Å². The van der Waals surface area contributed by atoms with Crippen molar-refractivity contribution in [1.29, 1.82) is 0 Å². The molecule has 504 valence electrons. The third-order valence-corrected chi connectivity index (χ3v) is 15.5. The molecule has 8 unspecified atom stereocenters. The van der Waals surface area contributed by atoms with E-state index >= 15 is 0 Å². The van der Waals surface area contributed by atoms with Gasteiger partial charge < -0.3 is 81.7 Å². The average Bonchev–Trinajstić information content (AvgIpc) is 0.773. The van der Waals surface area contributed by atoms with Crippen molar-refractivity contribution in [2.45, 2.75) is 196 Å². The van der Waals surface area contributed by atoms with Crippen LogP contribution in [0.15, 0.2) is 0 Å². The van der Waals surface area contributed by atoms with Crippen LogP contribution in [0.5, 0.6) is 0 Å². The van der Waals surface area contributed by atoms with Crippen molar-refractivity contribution in [1.82, 2.24) is 0 Å². The Kier molecular flexibility index (Phi) is 68.8. The van der Waals surface area contributed by atoms with Crippen LogP contribution in [0.4, 0.5) is 0 Å². The molecule has 0 aromatic rings. The third kappa shape index (κ3) is 41.9. The van der Waals surface area contributed by atoms with Gasteiger partial charge in [0, 0.05) is 6.61 Å². The van der Waals surface area contributed by atoms with Gasteiger partial charge in [-0.05, 0) is 34.1 Å². The van der Waals surface area contributed by atoms with Crippen LogP contribution in [-0.2, 0) is 165 Å². The number of hydrogen-bond donors (Lipinski definition) is 0. The maximum atomic E-state index is 12.8. The Labute approximate surface area is 756 Å². The minimum atomic E-state index is -6.32. The quantitative estimate of drug-likeness (QED) is 0.0105. The van der Waals surface area contributed by atoms with Crippen molar-refractivity contribution < 1.29 is 465 Å². The predicted octanol–water partition coefficient (Wildman–Crippen LogP) is -32.6. The summed E-state index contributed by atoms with van der Waals surface area (Å²) in [6.45, 7) is 5.79. The summed E-state index contributed by atoms with van der Waals surface area (Å²) in [6.07, 6.45) is -43.3. The number of ether oxygens (including phenoxy) is 8. The van der Waals surface area contributed by atoms with Crippen LogP contribution in [0.1, 0.15) is 73.1 Å². The number of rotatable bonds is 40. The largest absolute Gasteiger partial charge is 1.00 e. The van der Waals surface area contributed by atoms with Crippen molar-refractivity contribution in [2.24, 2.45) is 0 Å². The average molecular weight is 1630 g/mol. The van der Waals surface area contributed by atoms with E-state index in [2.05, 4.69) is 45.9 Å². The molecule has 0 N–H and O–H groups in total. The first-order valence-electron chi connectivity index (χ1n) is 23.3. The second-order valence-corrected chi connectivity index (χ2v) is 24.1. The molecule has 0 radical (unpaired) electrons. The summed E-state index contributed by atoms with van der Waals surface area (Å²) >= 11 is -1.55. The molecule has 4 heterocycles. The van der Waals surface area contributed by atoms with Crippen molar-refractivity contribution >= 4 is 101 Å². The summed E-state index contributed by atoms with van der Waals surface area (Å²) in [5.41, 5.74) is 0. The standard InChI is InChI=1S/C32H58O44S9.9Na/c1-6-7-8-9-10-11-12-52-29-25(65-82(40,41)42)21(17(13(2)53-29)60-77-73-69-33)57-30-26(66-83(43,44)45)22(18(14(3)54-30)61-78-74-70-34)58-31-27(67-84(46,47)48)23(19(15(4)55-31)62-79-75-71-35)59-32-28(68-85(49,50)51)24(64-81(37,38)39)20(16(5)56-32)63-80-76-72-36;;;;;;;;;/h13-36H,6-12H2,1-5H3,(H,37,38,39)(H,40,41,42)(H,43,44,45)(H,46,47,48)(H,49,50,51);;;;;;;;;/q;9*+1/p-9/t13?,14?,15?,16?,17-,18-,19-,20-,21+,22+,23+,24+,25?,26?,27?,28?,29+,30-,31-,32-;;;;;;;;;/m0........./s1. The van der Waals surface area contributed by atoms with Gasteiger partial charge in [0.25, 0.3) is 0 Å². The molecule has 4 aliphatic heterocycles. The Morgan fingerprint density at radius 2 is 0.543 bits per heavy atom. The first-order chi connectivity index (χ1) is 39.7. The fourth-order valence-electron chi connectivity index (χ4n) is 8.39. The van der Waals surface area contributed by atoms with Crippen LogP contribution in [0.2, 0.25) is 0 Å². The molecular weight excluding hydrogens is 1580 g/mol. The van der Waals surface area contributed by atoms with Crippen LogP contribution < -0.4 is 287 Å². The third-order valence-electron chi connectivity index (χ3n) is 11.5. The zero-order valence-corrected chi connectivity index (χ0v) is 77.5. The summed E-state index contributed by atoms with van der Waals surface area (Å²) in [6, 6.07) is 0. The molecule has 0 bridgehead atoms. The zero-order chi connectivity index (χ0) is 63.5. The van der Waals surface area contributed by atoms with Gasteiger partial charge in [-0.25, -0.2) is 42.1 Å². The van der Waals surface area contributed by atoms with Gasteiger partial charge in [0.05, 0.1) is 24.4 Å². The molecule has 4 aliphatic rings. The van der Waals surface area contributed by atoms with E-state index in [9.17, 15) is 85.9 Å². The molecule has 4 rings (SSSR count). The van der Waals surface area contributed by atoms with E-state index in [4.69, 9.17) is 67.2 Å². The fourth-order valence-corrected chi connectivity index (χ4v) is 12.4. The minimum absolute atomic E-state index is 0. The molecule has 4 fully saturated rings. The molecule has 62 heteroatoms. The van der Waals surface area contributed by atoms with Gasteiger partial charge in [0.2, 0.25) is 52.0 Å². The van der Waals surface area contributed by atoms with Crippen LogP contribution >= 0.6 is 49.3 Å². The topological polar surface area (TPSA) is 609 Å². The SMILES string of the molecule is CCCCCCCCO[C@@H]1OC(C)[C@H](OSOO[O-])[C@@H](O[C@@H]2OC(C)[C@H](OSOO[O-])[C@@H](O[C@@H]3OC(C)[C@H](OSOO[O-])[C@@H](O[C@@H]4OC(C)[C@H](OSOO[O-])[C@@H](OS(=O)(=O)[O-])C4OS(=O)(=O)[O-])C3OS(=O)(=O)[O-])C2OS(=O)(=O)[O-])C1OS(=O)(=O)[O-].[Na+].[Na+].[Na+].[Na+].[Na+].[Na+].[Na+].[Na+].[Na+]. The molecule has 0 aliphatic carbocycles. The monoisotopic (exact) mass is 1630 g/mol. The van der Waals surface area contributed by atoms with E-state index in [1.54, 1.807) is 0 Å². The van der Waals surface area contributed by atoms with Crippen molar-refractivity contribution in [2.75, 3.05) is 6.61 Å². The summed E-state index contributed by atoms with van der Waals surface area (Å²) in [7, 11) is -30.8. The van der Waals surface area contributed by atoms with Gasteiger partial charge in [0.1, 0.15) is 48.8 Å². The molecular formula is C32H49Na9O44S9. The Bertz CT molecular complexity index is 2570. The minimum Gasteiger partial charge on any atom is -0.726 e. The van der Waals surface area contributed by atoms with E-state index in [-0.39, 0.29) is 285 Å². The van der Waals surface area contributed by atoms with E-state index in [0.29, 0.717) is 12.8 Å². The molecule has 0 aromatic heterocycles. The maximum absolute atomic E-state index is 12.8. The molecule has 0 spiro atoms. The van der Waals surface area contributed by atoms with Gasteiger partial charge in [-0.1, -0.05) is 39.0 Å². The first kappa shape index (κ1) is 114. The molecule has 94 heavy (non-hydrogen) atoms. The Hall–Kier alpha value is 8.79. The predicted molar refractivity (Wildman–Crippen MR) is 243 cm³/mol. The van der Waals surface area contributed by atoms with E-state index in [1.807, 2.05) is 6.92 Å². The zero-order valence-electron chi connectivity index (χ0n) is 52.1. The summed E-state index contributed by atoms with van der Waals surface area (Å²) in [5, 5.41) is 55.8. The van der Waals surface area contributed by atoms with E-state index in [0.717, 1.165) is 46.5 Å². The van der Waals surface area contributed by atoms with Crippen LogP contribution in [0.3, 0.4) is 0 Å². The van der Waals surface area contributed by atoms with Gasteiger partial charge in [0.15, 0.2) is 98.9 Å². The fraction of sp³-hybridized carbons (Fsp3) is 1.00. The Morgan fingerprint density at radius 1 is 0.319 bits per heavy atom. The van der Waals surface area contributed by atoms with Crippen LogP contribution in [-0.4, -0.2) is 194 Å². The van der Waals surface area contributed by atoms with Crippen molar-refractivity contribution in [3.63, 3.8) is 0 Å². The molecule has 0 amide bonds. The molecule has 0 aromatic carbocycles. The number of unbranched alkanes of at least 4 members (excludes halogenated alkanes) is 5. The van der Waals surface area contributed by atoms with Crippen LogP contribution in [0, 0.1) is 0 Å². The van der Waals surface area contributed by atoms with Gasteiger partial charge in [-0.3, -0.25) is 57.8 Å². The summed E-state index contributed by atoms with van der Waals surface area (Å²) in [5.74, 6) is 0.